The second-order valence-electron chi connectivity index (χ2n) is 8.43. The van der Waals surface area contributed by atoms with E-state index in [-0.39, 0.29) is 5.92 Å². The maximum Gasteiger partial charge on any atom is 0.228 e. The molecule has 5 rings (SSSR count). The van der Waals surface area contributed by atoms with Crippen molar-refractivity contribution in [2.75, 3.05) is 7.11 Å². The quantitative estimate of drug-likeness (QED) is 0.393. The molecule has 0 radical (unpaired) electrons. The standard InChI is InChI=1S/C28H27NO3/c1-31-23-16-10-15-22(19-23)24-17-8-9-18-28(24,30)27-29-25(20-11-4-2-5-12-20)26(32-27)21-13-6-3-7-14-21/h2-7,10-16,19,24,30H,8-9,17-18H2,1H3/t24-,28-/m0/s1. The molecule has 0 spiro atoms. The number of benzene rings is 3. The van der Waals surface area contributed by atoms with Gasteiger partial charge in [-0.15, -0.1) is 0 Å². The first kappa shape index (κ1) is 20.5. The summed E-state index contributed by atoms with van der Waals surface area (Å²) in [6.07, 6.45) is 3.47. The van der Waals surface area contributed by atoms with Gasteiger partial charge in [0.25, 0.3) is 0 Å². The Kier molecular flexibility index (Phi) is 5.54. The molecule has 3 aromatic carbocycles. The lowest BCUT2D eigenvalue weighted by Crippen LogP contribution is -2.36. The molecule has 2 atom stereocenters. The van der Waals surface area contributed by atoms with Gasteiger partial charge in [-0.05, 0) is 37.0 Å². The third kappa shape index (κ3) is 3.71. The molecule has 0 unspecified atom stereocenters. The number of aliphatic hydroxyl groups is 1. The highest BCUT2D eigenvalue weighted by molar-refractivity contribution is 5.76. The third-order valence-electron chi connectivity index (χ3n) is 6.45. The van der Waals surface area contributed by atoms with Gasteiger partial charge in [0.15, 0.2) is 5.76 Å². The summed E-state index contributed by atoms with van der Waals surface area (Å²) < 4.78 is 11.9. The summed E-state index contributed by atoms with van der Waals surface area (Å²) in [6, 6.07) is 28.0. The topological polar surface area (TPSA) is 55.5 Å². The van der Waals surface area contributed by atoms with Crippen LogP contribution in [0, 0.1) is 0 Å². The number of ether oxygens (including phenoxy) is 1. The van der Waals surface area contributed by atoms with Crippen molar-refractivity contribution in [2.45, 2.75) is 37.2 Å². The molecule has 1 N–H and O–H groups in total. The molecule has 1 aliphatic rings. The highest BCUT2D eigenvalue weighted by atomic mass is 16.5. The van der Waals surface area contributed by atoms with Crippen LogP contribution >= 0.6 is 0 Å². The minimum atomic E-state index is -1.18. The average Bonchev–Trinajstić information content (AvgIpc) is 3.32. The Morgan fingerprint density at radius 1 is 0.906 bits per heavy atom. The van der Waals surface area contributed by atoms with Crippen molar-refractivity contribution >= 4 is 0 Å². The molecule has 162 valence electrons. The largest absolute Gasteiger partial charge is 0.497 e. The fourth-order valence-corrected chi connectivity index (χ4v) is 4.79. The second kappa shape index (κ2) is 8.64. The molecule has 4 heteroatoms. The van der Waals surface area contributed by atoms with Crippen molar-refractivity contribution in [3.63, 3.8) is 0 Å². The van der Waals surface area contributed by atoms with Crippen molar-refractivity contribution < 1.29 is 14.3 Å². The van der Waals surface area contributed by atoms with Crippen LogP contribution in [-0.4, -0.2) is 17.2 Å². The monoisotopic (exact) mass is 425 g/mol. The van der Waals surface area contributed by atoms with Crippen LogP contribution < -0.4 is 4.74 Å². The van der Waals surface area contributed by atoms with Gasteiger partial charge < -0.3 is 14.3 Å². The number of aromatic nitrogens is 1. The van der Waals surface area contributed by atoms with Crippen LogP contribution in [-0.2, 0) is 5.60 Å². The fourth-order valence-electron chi connectivity index (χ4n) is 4.79. The summed E-state index contributed by atoms with van der Waals surface area (Å²) in [4.78, 5) is 4.92. The van der Waals surface area contributed by atoms with Crippen LogP contribution in [0.4, 0.5) is 0 Å². The Balaban J connectivity index is 1.64. The van der Waals surface area contributed by atoms with Crippen molar-refractivity contribution in [2.24, 2.45) is 0 Å². The SMILES string of the molecule is COc1cccc([C@@H]2CCCC[C@@]2(O)c2nc(-c3ccccc3)c(-c3ccccc3)o2)c1. The zero-order valence-corrected chi connectivity index (χ0v) is 18.2. The maximum absolute atomic E-state index is 12.1. The van der Waals surface area contributed by atoms with E-state index in [1.165, 1.54) is 0 Å². The predicted molar refractivity (Wildman–Crippen MR) is 125 cm³/mol. The zero-order valence-electron chi connectivity index (χ0n) is 18.2. The van der Waals surface area contributed by atoms with Gasteiger partial charge >= 0.3 is 0 Å². The molecular weight excluding hydrogens is 398 g/mol. The van der Waals surface area contributed by atoms with Crippen LogP contribution in [0.25, 0.3) is 22.6 Å². The van der Waals surface area contributed by atoms with Crippen molar-refractivity contribution in [1.82, 2.24) is 4.98 Å². The average molecular weight is 426 g/mol. The number of hydrogen-bond acceptors (Lipinski definition) is 4. The van der Waals surface area contributed by atoms with E-state index in [9.17, 15) is 5.11 Å². The number of methoxy groups -OCH3 is 1. The van der Waals surface area contributed by atoms with Gasteiger partial charge in [0, 0.05) is 17.0 Å². The molecule has 4 nitrogen and oxygen atoms in total. The first-order valence-corrected chi connectivity index (χ1v) is 11.2. The highest BCUT2D eigenvalue weighted by Crippen LogP contribution is 2.49. The lowest BCUT2D eigenvalue weighted by Gasteiger charge is -2.38. The maximum atomic E-state index is 12.1. The van der Waals surface area contributed by atoms with Gasteiger partial charge in [-0.3, -0.25) is 0 Å². The Morgan fingerprint density at radius 3 is 2.34 bits per heavy atom. The molecule has 0 saturated heterocycles. The van der Waals surface area contributed by atoms with E-state index in [0.29, 0.717) is 18.1 Å². The van der Waals surface area contributed by atoms with Gasteiger partial charge in [0.05, 0.1) is 7.11 Å². The molecule has 1 aromatic heterocycles. The van der Waals surface area contributed by atoms with E-state index in [1.54, 1.807) is 7.11 Å². The minimum Gasteiger partial charge on any atom is -0.497 e. The van der Waals surface area contributed by atoms with E-state index in [0.717, 1.165) is 47.4 Å². The van der Waals surface area contributed by atoms with Gasteiger partial charge in [0.1, 0.15) is 17.0 Å². The Labute approximate surface area is 188 Å². The predicted octanol–water partition coefficient (Wildman–Crippen LogP) is 6.56. The van der Waals surface area contributed by atoms with Crippen LogP contribution in [0.5, 0.6) is 5.75 Å². The van der Waals surface area contributed by atoms with Crippen LogP contribution in [0.3, 0.4) is 0 Å². The summed E-state index contributed by atoms with van der Waals surface area (Å²) in [5.74, 6) is 1.76. The molecule has 1 aliphatic carbocycles. The number of oxazole rings is 1. The molecular formula is C28H27NO3. The van der Waals surface area contributed by atoms with Crippen molar-refractivity contribution in [1.29, 1.82) is 0 Å². The Bertz CT molecular complexity index is 1130. The normalized spacial score (nSPS) is 20.8. The van der Waals surface area contributed by atoms with E-state index < -0.39 is 5.60 Å². The molecule has 1 heterocycles. The lowest BCUT2D eigenvalue weighted by molar-refractivity contribution is -0.0445. The number of rotatable bonds is 5. The highest BCUT2D eigenvalue weighted by Gasteiger charge is 2.46. The molecule has 0 aliphatic heterocycles. The molecule has 1 saturated carbocycles. The molecule has 1 fully saturated rings. The van der Waals surface area contributed by atoms with Crippen LogP contribution in [0.1, 0.15) is 43.1 Å². The van der Waals surface area contributed by atoms with Gasteiger partial charge in [-0.25, -0.2) is 4.98 Å². The van der Waals surface area contributed by atoms with Gasteiger partial charge in [-0.2, -0.15) is 0 Å². The minimum absolute atomic E-state index is 0.114. The van der Waals surface area contributed by atoms with E-state index >= 15 is 0 Å². The van der Waals surface area contributed by atoms with Crippen LogP contribution in [0.2, 0.25) is 0 Å². The summed E-state index contributed by atoms with van der Waals surface area (Å²) in [6.45, 7) is 0. The summed E-state index contributed by atoms with van der Waals surface area (Å²) in [7, 11) is 1.67. The first-order chi connectivity index (χ1) is 15.7. The lowest BCUT2D eigenvalue weighted by atomic mass is 9.72. The fraction of sp³-hybridized carbons (Fsp3) is 0.250. The summed E-state index contributed by atoms with van der Waals surface area (Å²) in [5.41, 5.74) is 2.55. The van der Waals surface area contributed by atoms with E-state index in [4.69, 9.17) is 14.1 Å². The van der Waals surface area contributed by atoms with E-state index in [1.807, 2.05) is 78.9 Å². The van der Waals surface area contributed by atoms with Crippen molar-refractivity contribution in [3.8, 4) is 28.3 Å². The smallest absolute Gasteiger partial charge is 0.228 e. The zero-order chi connectivity index (χ0) is 22.0. The number of hydrogen-bond donors (Lipinski definition) is 1. The van der Waals surface area contributed by atoms with Crippen molar-refractivity contribution in [3.05, 3.63) is 96.4 Å². The molecule has 0 amide bonds. The summed E-state index contributed by atoms with van der Waals surface area (Å²) in [5, 5.41) is 12.1. The number of nitrogens with zero attached hydrogens (tertiary/aromatic N) is 1. The first-order valence-electron chi connectivity index (χ1n) is 11.2. The third-order valence-corrected chi connectivity index (χ3v) is 6.45. The Morgan fingerprint density at radius 2 is 1.62 bits per heavy atom. The summed E-state index contributed by atoms with van der Waals surface area (Å²) >= 11 is 0. The van der Waals surface area contributed by atoms with Gasteiger partial charge in [-0.1, -0.05) is 79.2 Å². The molecule has 0 bridgehead atoms. The Hall–Kier alpha value is -3.37. The molecule has 4 aromatic rings. The molecule has 32 heavy (non-hydrogen) atoms. The van der Waals surface area contributed by atoms with Gasteiger partial charge in [0.2, 0.25) is 5.89 Å². The van der Waals surface area contributed by atoms with E-state index in [2.05, 4.69) is 6.07 Å². The second-order valence-corrected chi connectivity index (χ2v) is 8.43. The van der Waals surface area contributed by atoms with Crippen LogP contribution in [0.15, 0.2) is 89.3 Å².